The number of amides is 1. The van der Waals surface area contributed by atoms with Gasteiger partial charge in [0.2, 0.25) is 5.91 Å². The zero-order chi connectivity index (χ0) is 18.8. The molecule has 5 nitrogen and oxygen atoms in total. The van der Waals surface area contributed by atoms with Crippen molar-refractivity contribution < 1.29 is 9.53 Å². The Morgan fingerprint density at radius 2 is 2.07 bits per heavy atom. The highest BCUT2D eigenvalue weighted by atomic mass is 32.1. The Balaban J connectivity index is 1.43. The summed E-state index contributed by atoms with van der Waals surface area (Å²) in [5.41, 5.74) is 5.35. The molecule has 0 fully saturated rings. The van der Waals surface area contributed by atoms with E-state index in [4.69, 9.17) is 4.74 Å². The van der Waals surface area contributed by atoms with Crippen LogP contribution < -0.4 is 15.0 Å². The lowest BCUT2D eigenvalue weighted by atomic mass is 10.1. The number of anilines is 2. The molecule has 27 heavy (non-hydrogen) atoms. The molecule has 138 valence electrons. The van der Waals surface area contributed by atoms with Crippen LogP contribution in [-0.2, 0) is 11.2 Å². The molecular formula is C21H21N3O2S. The van der Waals surface area contributed by atoms with E-state index in [0.29, 0.717) is 6.54 Å². The van der Waals surface area contributed by atoms with Crippen molar-refractivity contribution in [3.8, 4) is 17.0 Å². The molecule has 0 saturated carbocycles. The van der Waals surface area contributed by atoms with Gasteiger partial charge in [-0.15, -0.1) is 11.3 Å². The molecular weight excluding hydrogens is 358 g/mol. The monoisotopic (exact) mass is 379 g/mol. The summed E-state index contributed by atoms with van der Waals surface area (Å²) < 4.78 is 5.14. The molecule has 2 aromatic carbocycles. The van der Waals surface area contributed by atoms with Crippen molar-refractivity contribution in [1.82, 2.24) is 4.98 Å². The Labute approximate surface area is 162 Å². The van der Waals surface area contributed by atoms with Gasteiger partial charge >= 0.3 is 0 Å². The molecule has 4 rings (SSSR count). The fourth-order valence-electron chi connectivity index (χ4n) is 3.34. The largest absolute Gasteiger partial charge is 0.497 e. The normalized spacial score (nSPS) is 12.7. The minimum Gasteiger partial charge on any atom is -0.497 e. The van der Waals surface area contributed by atoms with Gasteiger partial charge in [0, 0.05) is 28.9 Å². The fraction of sp³-hybridized carbons (Fsp3) is 0.238. The minimum atomic E-state index is -0.0211. The highest BCUT2D eigenvalue weighted by Gasteiger charge is 2.22. The van der Waals surface area contributed by atoms with Crippen LogP contribution in [0.3, 0.4) is 0 Å². The number of carbonyl (C=O) groups is 1. The molecule has 1 amide bonds. The van der Waals surface area contributed by atoms with E-state index >= 15 is 0 Å². The summed E-state index contributed by atoms with van der Waals surface area (Å²) in [5, 5.41) is 6.11. The van der Waals surface area contributed by atoms with Crippen molar-refractivity contribution in [2.45, 2.75) is 13.3 Å². The van der Waals surface area contributed by atoms with Crippen molar-refractivity contribution in [2.24, 2.45) is 0 Å². The number of thiazole rings is 1. The number of rotatable bonds is 5. The van der Waals surface area contributed by atoms with Crippen LogP contribution in [0.15, 0.2) is 47.8 Å². The van der Waals surface area contributed by atoms with Crippen LogP contribution in [0.4, 0.5) is 11.4 Å². The first-order valence-electron chi connectivity index (χ1n) is 8.86. The molecule has 0 atom stereocenters. The van der Waals surface area contributed by atoms with E-state index in [1.807, 2.05) is 31.2 Å². The maximum atomic E-state index is 12.4. The van der Waals surface area contributed by atoms with Gasteiger partial charge in [-0.1, -0.05) is 6.07 Å². The molecule has 6 heteroatoms. The van der Waals surface area contributed by atoms with E-state index in [1.165, 1.54) is 5.56 Å². The Morgan fingerprint density at radius 1 is 1.26 bits per heavy atom. The number of hydrogen-bond donors (Lipinski definition) is 1. The predicted octanol–water partition coefficient (Wildman–Crippen LogP) is 4.13. The quantitative estimate of drug-likeness (QED) is 0.724. The van der Waals surface area contributed by atoms with Crippen LogP contribution in [0, 0.1) is 6.92 Å². The maximum absolute atomic E-state index is 12.4. The van der Waals surface area contributed by atoms with Gasteiger partial charge in [0.1, 0.15) is 5.75 Å². The van der Waals surface area contributed by atoms with Crippen LogP contribution in [-0.4, -0.2) is 31.1 Å². The summed E-state index contributed by atoms with van der Waals surface area (Å²) in [7, 11) is 1.62. The summed E-state index contributed by atoms with van der Waals surface area (Å²) in [4.78, 5) is 19.1. The Kier molecular flexibility index (Phi) is 4.81. The van der Waals surface area contributed by atoms with Gasteiger partial charge < -0.3 is 15.0 Å². The first-order valence-corrected chi connectivity index (χ1v) is 9.74. The zero-order valence-corrected chi connectivity index (χ0v) is 16.2. The molecule has 0 aliphatic carbocycles. The van der Waals surface area contributed by atoms with E-state index in [0.717, 1.165) is 46.4 Å². The zero-order valence-electron chi connectivity index (χ0n) is 15.4. The average Bonchev–Trinajstić information content (AvgIpc) is 3.28. The molecule has 0 radical (unpaired) electrons. The molecule has 0 saturated heterocycles. The third-order valence-electron chi connectivity index (χ3n) is 4.69. The topological polar surface area (TPSA) is 54.5 Å². The van der Waals surface area contributed by atoms with Gasteiger partial charge in [-0.3, -0.25) is 4.79 Å². The summed E-state index contributed by atoms with van der Waals surface area (Å²) in [6.07, 6.45) is 0.947. The first kappa shape index (κ1) is 17.5. The van der Waals surface area contributed by atoms with Gasteiger partial charge in [0.25, 0.3) is 0 Å². The van der Waals surface area contributed by atoms with Crippen LogP contribution in [0.1, 0.15) is 10.6 Å². The van der Waals surface area contributed by atoms with Gasteiger partial charge in [-0.05, 0) is 55.3 Å². The lowest BCUT2D eigenvalue weighted by Crippen LogP contribution is -2.31. The Morgan fingerprint density at radius 3 is 2.78 bits per heavy atom. The second kappa shape index (κ2) is 7.40. The molecule has 1 aromatic heterocycles. The van der Waals surface area contributed by atoms with Gasteiger partial charge in [0.05, 0.1) is 24.4 Å². The third-order valence-corrected chi connectivity index (χ3v) is 5.47. The molecule has 1 N–H and O–H groups in total. The van der Waals surface area contributed by atoms with E-state index in [9.17, 15) is 4.79 Å². The van der Waals surface area contributed by atoms with Gasteiger partial charge in [-0.25, -0.2) is 4.98 Å². The minimum absolute atomic E-state index is 0.0211. The van der Waals surface area contributed by atoms with Gasteiger partial charge in [-0.2, -0.15) is 0 Å². The number of ether oxygens (including phenoxy) is 1. The van der Waals surface area contributed by atoms with Crippen LogP contribution in [0.5, 0.6) is 5.75 Å². The van der Waals surface area contributed by atoms with E-state index in [-0.39, 0.29) is 5.91 Å². The second-order valence-corrected chi connectivity index (χ2v) is 7.61. The predicted molar refractivity (Wildman–Crippen MR) is 110 cm³/mol. The highest BCUT2D eigenvalue weighted by Crippen LogP contribution is 2.32. The molecule has 2 heterocycles. The van der Waals surface area contributed by atoms with Crippen LogP contribution in [0.2, 0.25) is 0 Å². The standard InChI is InChI=1S/C21H21N3O2S/c1-14-22-19(13-27-14)15-3-8-20-16(11-15)9-10-24(20)12-21(25)23-17-4-6-18(26-2)7-5-17/h3-8,11,13H,9-10,12H2,1-2H3,(H,23,25). The van der Waals surface area contributed by atoms with Crippen molar-refractivity contribution in [3.05, 3.63) is 58.4 Å². The lowest BCUT2D eigenvalue weighted by molar-refractivity contribution is -0.115. The summed E-state index contributed by atoms with van der Waals surface area (Å²) >= 11 is 1.66. The SMILES string of the molecule is COc1ccc(NC(=O)CN2CCc3cc(-c4csc(C)n4)ccc32)cc1. The number of nitrogens with one attached hydrogen (secondary N) is 1. The first-order chi connectivity index (χ1) is 13.1. The molecule has 1 aliphatic rings. The molecule has 1 aliphatic heterocycles. The smallest absolute Gasteiger partial charge is 0.243 e. The van der Waals surface area contributed by atoms with E-state index < -0.39 is 0 Å². The number of aromatic nitrogens is 1. The lowest BCUT2D eigenvalue weighted by Gasteiger charge is -2.19. The third kappa shape index (κ3) is 3.80. The fourth-order valence-corrected chi connectivity index (χ4v) is 3.96. The highest BCUT2D eigenvalue weighted by molar-refractivity contribution is 7.09. The number of aryl methyl sites for hydroxylation is 1. The Hall–Kier alpha value is -2.86. The number of carbonyl (C=O) groups excluding carboxylic acids is 1. The molecule has 3 aromatic rings. The van der Waals surface area contributed by atoms with Crippen LogP contribution in [0.25, 0.3) is 11.3 Å². The van der Waals surface area contributed by atoms with Crippen molar-refractivity contribution >= 4 is 28.6 Å². The molecule has 0 bridgehead atoms. The van der Waals surface area contributed by atoms with E-state index in [1.54, 1.807) is 18.4 Å². The van der Waals surface area contributed by atoms with Crippen LogP contribution >= 0.6 is 11.3 Å². The van der Waals surface area contributed by atoms with E-state index in [2.05, 4.69) is 38.8 Å². The molecule has 0 spiro atoms. The number of fused-ring (bicyclic) bond motifs is 1. The number of nitrogens with zero attached hydrogens (tertiary/aromatic N) is 2. The second-order valence-electron chi connectivity index (χ2n) is 6.54. The van der Waals surface area contributed by atoms with Crippen molar-refractivity contribution in [1.29, 1.82) is 0 Å². The van der Waals surface area contributed by atoms with Crippen molar-refractivity contribution in [2.75, 3.05) is 30.4 Å². The summed E-state index contributed by atoms with van der Waals surface area (Å²) in [6.45, 7) is 3.21. The number of benzene rings is 2. The summed E-state index contributed by atoms with van der Waals surface area (Å²) in [6, 6.07) is 13.8. The Bertz CT molecular complexity index is 966. The van der Waals surface area contributed by atoms with Gasteiger partial charge in [0.15, 0.2) is 0 Å². The maximum Gasteiger partial charge on any atom is 0.243 e. The molecule has 0 unspecified atom stereocenters. The number of hydrogen-bond acceptors (Lipinski definition) is 5. The summed E-state index contributed by atoms with van der Waals surface area (Å²) in [5.74, 6) is 0.750. The van der Waals surface area contributed by atoms with Crippen molar-refractivity contribution in [3.63, 3.8) is 0 Å². The number of methoxy groups -OCH3 is 1. The average molecular weight is 379 g/mol.